The topological polar surface area (TPSA) is 104 Å². The van der Waals surface area contributed by atoms with Gasteiger partial charge < -0.3 is 20.6 Å². The third kappa shape index (κ3) is 4.49. The summed E-state index contributed by atoms with van der Waals surface area (Å²) in [5.74, 6) is 7.66. The number of nitrogens with zero attached hydrogens (tertiary/aromatic N) is 3. The number of nitrogens with two attached hydrogens (primary N) is 1. The normalized spacial score (nSPS) is 10.5. The Balaban J connectivity index is 1.66. The molecule has 0 aliphatic carbocycles. The van der Waals surface area contributed by atoms with Crippen molar-refractivity contribution >= 4 is 35.0 Å². The molecular formula is C18H18ClN5O3S. The van der Waals surface area contributed by atoms with E-state index in [4.69, 9.17) is 26.9 Å². The van der Waals surface area contributed by atoms with Gasteiger partial charge in [-0.15, -0.1) is 10.2 Å². The zero-order valence-electron chi connectivity index (χ0n) is 15.2. The SMILES string of the molecule is COc1ccc(-c2nnc(SCC(=O)Nc3cc(Cl)ccc3OC)n2N)cc1. The second-order valence-corrected chi connectivity index (χ2v) is 6.97. The summed E-state index contributed by atoms with van der Waals surface area (Å²) in [6, 6.07) is 12.3. The van der Waals surface area contributed by atoms with Crippen molar-refractivity contribution in [2.45, 2.75) is 5.16 Å². The van der Waals surface area contributed by atoms with Crippen LogP contribution in [-0.4, -0.2) is 40.8 Å². The summed E-state index contributed by atoms with van der Waals surface area (Å²) >= 11 is 7.14. The quantitative estimate of drug-likeness (QED) is 0.448. The Morgan fingerprint density at radius 3 is 2.61 bits per heavy atom. The number of methoxy groups -OCH3 is 2. The zero-order chi connectivity index (χ0) is 20.1. The molecule has 0 aliphatic rings. The Morgan fingerprint density at radius 2 is 1.93 bits per heavy atom. The fourth-order valence-corrected chi connectivity index (χ4v) is 3.24. The van der Waals surface area contributed by atoms with Crippen molar-refractivity contribution in [3.05, 3.63) is 47.5 Å². The molecule has 1 amide bonds. The highest BCUT2D eigenvalue weighted by Crippen LogP contribution is 2.28. The highest BCUT2D eigenvalue weighted by atomic mass is 35.5. The van der Waals surface area contributed by atoms with Crippen LogP contribution in [-0.2, 0) is 4.79 Å². The number of aromatic nitrogens is 3. The number of ether oxygens (including phenoxy) is 2. The maximum absolute atomic E-state index is 12.3. The molecule has 0 fully saturated rings. The van der Waals surface area contributed by atoms with E-state index in [1.807, 2.05) is 24.3 Å². The molecule has 8 nitrogen and oxygen atoms in total. The molecule has 2 aromatic carbocycles. The van der Waals surface area contributed by atoms with Gasteiger partial charge in [-0.05, 0) is 42.5 Å². The molecule has 10 heteroatoms. The predicted molar refractivity (Wildman–Crippen MR) is 110 cm³/mol. The van der Waals surface area contributed by atoms with Gasteiger partial charge in [-0.1, -0.05) is 23.4 Å². The molecule has 28 heavy (non-hydrogen) atoms. The Bertz CT molecular complexity index is 978. The lowest BCUT2D eigenvalue weighted by atomic mass is 10.2. The van der Waals surface area contributed by atoms with Gasteiger partial charge in [-0.25, -0.2) is 4.68 Å². The van der Waals surface area contributed by atoms with Crippen molar-refractivity contribution < 1.29 is 14.3 Å². The van der Waals surface area contributed by atoms with E-state index >= 15 is 0 Å². The number of nitrogen functional groups attached to an aromatic ring is 1. The van der Waals surface area contributed by atoms with Gasteiger partial charge in [-0.3, -0.25) is 4.79 Å². The number of carbonyl (C=O) groups excluding carboxylic acids is 1. The van der Waals surface area contributed by atoms with Gasteiger partial charge in [0.2, 0.25) is 11.1 Å². The van der Waals surface area contributed by atoms with Crippen LogP contribution in [0.15, 0.2) is 47.6 Å². The molecule has 0 bridgehead atoms. The van der Waals surface area contributed by atoms with E-state index in [0.717, 1.165) is 11.3 Å². The van der Waals surface area contributed by atoms with Crippen molar-refractivity contribution in [1.82, 2.24) is 14.9 Å². The summed E-state index contributed by atoms with van der Waals surface area (Å²) < 4.78 is 11.7. The van der Waals surface area contributed by atoms with Gasteiger partial charge in [0.1, 0.15) is 11.5 Å². The molecule has 1 heterocycles. The lowest BCUT2D eigenvalue weighted by Crippen LogP contribution is -2.16. The Hall–Kier alpha value is -2.91. The maximum Gasteiger partial charge on any atom is 0.234 e. The second-order valence-electron chi connectivity index (χ2n) is 5.59. The highest BCUT2D eigenvalue weighted by Gasteiger charge is 2.15. The fraction of sp³-hybridized carbons (Fsp3) is 0.167. The van der Waals surface area contributed by atoms with Crippen LogP contribution in [0.5, 0.6) is 11.5 Å². The first-order valence-electron chi connectivity index (χ1n) is 8.13. The lowest BCUT2D eigenvalue weighted by molar-refractivity contribution is -0.113. The molecule has 0 spiro atoms. The van der Waals surface area contributed by atoms with Gasteiger partial charge in [-0.2, -0.15) is 0 Å². The molecule has 146 valence electrons. The van der Waals surface area contributed by atoms with E-state index in [9.17, 15) is 4.79 Å². The van der Waals surface area contributed by atoms with Crippen LogP contribution in [0.3, 0.4) is 0 Å². The molecule has 0 unspecified atom stereocenters. The van der Waals surface area contributed by atoms with Crippen LogP contribution >= 0.6 is 23.4 Å². The molecule has 3 rings (SSSR count). The highest BCUT2D eigenvalue weighted by molar-refractivity contribution is 7.99. The van der Waals surface area contributed by atoms with Crippen LogP contribution in [0.25, 0.3) is 11.4 Å². The number of nitrogens with one attached hydrogen (secondary N) is 1. The average Bonchev–Trinajstić information content (AvgIpc) is 3.07. The minimum absolute atomic E-state index is 0.0909. The molecule has 3 N–H and O–H groups in total. The van der Waals surface area contributed by atoms with E-state index < -0.39 is 0 Å². The lowest BCUT2D eigenvalue weighted by Gasteiger charge is -2.10. The van der Waals surface area contributed by atoms with Crippen LogP contribution in [0.2, 0.25) is 5.02 Å². The molecular weight excluding hydrogens is 402 g/mol. The van der Waals surface area contributed by atoms with Crippen molar-refractivity contribution in [2.75, 3.05) is 31.1 Å². The molecule has 1 aromatic heterocycles. The summed E-state index contributed by atoms with van der Waals surface area (Å²) in [6.07, 6.45) is 0. The molecule has 0 radical (unpaired) electrons. The number of amides is 1. The summed E-state index contributed by atoms with van der Waals surface area (Å²) in [6.45, 7) is 0. The number of halogens is 1. The monoisotopic (exact) mass is 419 g/mol. The molecule has 0 saturated carbocycles. The summed E-state index contributed by atoms with van der Waals surface area (Å²) in [5.41, 5.74) is 1.28. The van der Waals surface area contributed by atoms with Crippen molar-refractivity contribution in [1.29, 1.82) is 0 Å². The number of benzene rings is 2. The van der Waals surface area contributed by atoms with E-state index in [0.29, 0.717) is 27.4 Å². The number of rotatable bonds is 7. The van der Waals surface area contributed by atoms with E-state index in [1.54, 1.807) is 25.3 Å². The van der Waals surface area contributed by atoms with Gasteiger partial charge >= 0.3 is 0 Å². The first-order valence-corrected chi connectivity index (χ1v) is 9.49. The number of anilines is 1. The van der Waals surface area contributed by atoms with Crippen molar-refractivity contribution in [3.8, 4) is 22.9 Å². The van der Waals surface area contributed by atoms with Crippen molar-refractivity contribution in [2.24, 2.45) is 0 Å². The Kier molecular flexibility index (Phi) is 6.27. The average molecular weight is 420 g/mol. The summed E-state index contributed by atoms with van der Waals surface area (Å²) in [7, 11) is 3.12. The van der Waals surface area contributed by atoms with Crippen LogP contribution in [0.1, 0.15) is 0 Å². The van der Waals surface area contributed by atoms with Gasteiger partial charge in [0.25, 0.3) is 0 Å². The fourth-order valence-electron chi connectivity index (χ4n) is 2.41. The van der Waals surface area contributed by atoms with Crippen LogP contribution in [0, 0.1) is 0 Å². The predicted octanol–water partition coefficient (Wildman–Crippen LogP) is 3.06. The van der Waals surface area contributed by atoms with Crippen LogP contribution < -0.4 is 20.6 Å². The van der Waals surface area contributed by atoms with E-state index in [2.05, 4.69) is 15.5 Å². The van der Waals surface area contributed by atoms with E-state index in [1.165, 1.54) is 23.5 Å². The van der Waals surface area contributed by atoms with Gasteiger partial charge in [0.05, 0.1) is 25.7 Å². The molecule has 0 aliphatic heterocycles. The smallest absolute Gasteiger partial charge is 0.234 e. The third-order valence-electron chi connectivity index (χ3n) is 3.78. The van der Waals surface area contributed by atoms with Gasteiger partial charge in [0.15, 0.2) is 5.82 Å². The number of hydrogen-bond acceptors (Lipinski definition) is 7. The number of carbonyl (C=O) groups is 1. The largest absolute Gasteiger partial charge is 0.497 e. The summed E-state index contributed by atoms with van der Waals surface area (Å²) in [5, 5.41) is 11.8. The van der Waals surface area contributed by atoms with E-state index in [-0.39, 0.29) is 11.7 Å². The Morgan fingerprint density at radius 1 is 1.18 bits per heavy atom. The standard InChI is InChI=1S/C18H18ClN5O3S/c1-26-13-6-3-11(4-7-13)17-22-23-18(24(17)20)28-10-16(25)21-14-9-12(19)5-8-15(14)27-2/h3-9H,10,20H2,1-2H3,(H,21,25). The third-order valence-corrected chi connectivity index (χ3v) is 4.96. The van der Waals surface area contributed by atoms with Crippen LogP contribution in [0.4, 0.5) is 5.69 Å². The first kappa shape index (κ1) is 19.8. The first-order chi connectivity index (χ1) is 13.5. The van der Waals surface area contributed by atoms with Gasteiger partial charge in [0, 0.05) is 10.6 Å². The molecule has 0 atom stereocenters. The maximum atomic E-state index is 12.3. The molecule has 0 saturated heterocycles. The molecule has 3 aromatic rings. The zero-order valence-corrected chi connectivity index (χ0v) is 16.8. The summed E-state index contributed by atoms with van der Waals surface area (Å²) in [4.78, 5) is 12.3. The number of thioether (sulfide) groups is 1. The van der Waals surface area contributed by atoms with Crippen molar-refractivity contribution in [3.63, 3.8) is 0 Å². The minimum Gasteiger partial charge on any atom is -0.497 e. The Labute approximate surface area is 171 Å². The minimum atomic E-state index is -0.250. The second kappa shape index (κ2) is 8.85. The number of hydrogen-bond donors (Lipinski definition) is 2.